The maximum Gasteiger partial charge on any atom is 0.472 e. The molecule has 0 aromatic rings. The Morgan fingerprint density at radius 3 is 0.989 bits per heavy atom. The van der Waals surface area contributed by atoms with Gasteiger partial charge < -0.3 is 34.2 Å². The van der Waals surface area contributed by atoms with Gasteiger partial charge in [-0.1, -0.05) is 212 Å². The summed E-state index contributed by atoms with van der Waals surface area (Å²) < 4.78 is 60.7. The molecular weight excluding hydrogens is 1170 g/mol. The molecule has 0 saturated carbocycles. The molecule has 0 radical (unpaired) electrons. The number of rotatable bonds is 61. The Bertz CT molecular complexity index is 2210. The molecule has 89 heavy (non-hydrogen) atoms. The van der Waals surface area contributed by atoms with Crippen LogP contribution in [0.1, 0.15) is 226 Å². The number of unbranched alkanes of at least 4 members (excludes halogenated alkanes) is 14. The Hall–Kier alpha value is -4.57. The van der Waals surface area contributed by atoms with Crippen molar-refractivity contribution in [1.82, 2.24) is 0 Å². The lowest BCUT2D eigenvalue weighted by atomic mass is 10.1. The summed E-state index contributed by atoms with van der Waals surface area (Å²) in [7, 11) is -9.81. The van der Waals surface area contributed by atoms with Crippen molar-refractivity contribution >= 4 is 33.6 Å². The van der Waals surface area contributed by atoms with Crippen LogP contribution in [0.3, 0.4) is 0 Å². The van der Waals surface area contributed by atoms with E-state index in [4.69, 9.17) is 32.3 Å². The molecule has 0 aliphatic carbocycles. The molecule has 5 atom stereocenters. The van der Waals surface area contributed by atoms with Gasteiger partial charge in [0.25, 0.3) is 0 Å². The number of hydrogen-bond acceptors (Lipinski definition) is 14. The Kier molecular flexibility index (Phi) is 60.3. The zero-order chi connectivity index (χ0) is 65.3. The first-order chi connectivity index (χ1) is 43.2. The Morgan fingerprint density at radius 2 is 0.596 bits per heavy atom. The molecule has 0 amide bonds. The van der Waals surface area contributed by atoms with E-state index in [1.54, 1.807) is 0 Å². The van der Waals surface area contributed by atoms with Gasteiger partial charge in [0.2, 0.25) is 0 Å². The maximum atomic E-state index is 12.9. The highest BCUT2D eigenvalue weighted by molar-refractivity contribution is 7.47. The number of carbonyl (C=O) groups is 3. The van der Waals surface area contributed by atoms with Crippen molar-refractivity contribution < 1.29 is 75.8 Å². The highest BCUT2D eigenvalue weighted by Gasteiger charge is 2.29. The van der Waals surface area contributed by atoms with Crippen LogP contribution in [0.25, 0.3) is 0 Å². The van der Waals surface area contributed by atoms with Crippen LogP contribution in [-0.4, -0.2) is 95.9 Å². The number of aliphatic hydroxyl groups excluding tert-OH is 2. The number of allylic oxidation sites excluding steroid dienone is 24. The van der Waals surface area contributed by atoms with E-state index in [0.717, 1.165) is 141 Å². The minimum absolute atomic E-state index is 0.0810. The Labute approximate surface area is 537 Å². The maximum absolute atomic E-state index is 12.9. The predicted molar refractivity (Wildman–Crippen MR) is 362 cm³/mol. The molecule has 5 unspecified atom stereocenters. The molecule has 18 heteroatoms. The number of aliphatic hydroxyl groups is 2. The van der Waals surface area contributed by atoms with Crippen molar-refractivity contribution in [3.8, 4) is 0 Å². The molecule has 0 aliphatic heterocycles. The molecular formula is C71H116O16P2. The smallest absolute Gasteiger partial charge is 0.463 e. The van der Waals surface area contributed by atoms with E-state index in [2.05, 4.69) is 167 Å². The molecule has 506 valence electrons. The van der Waals surface area contributed by atoms with Crippen LogP contribution in [0.15, 0.2) is 146 Å². The summed E-state index contributed by atoms with van der Waals surface area (Å²) in [5.74, 6) is -1.68. The third-order valence-electron chi connectivity index (χ3n) is 13.0. The highest BCUT2D eigenvalue weighted by Crippen LogP contribution is 2.45. The lowest BCUT2D eigenvalue weighted by molar-refractivity contribution is -0.161. The summed E-state index contributed by atoms with van der Waals surface area (Å²) in [5, 5.41) is 20.5. The van der Waals surface area contributed by atoms with Crippen molar-refractivity contribution in [2.24, 2.45) is 0 Å². The second kappa shape index (κ2) is 63.6. The lowest BCUT2D eigenvalue weighted by Crippen LogP contribution is -2.30. The van der Waals surface area contributed by atoms with Crippen LogP contribution in [0.4, 0.5) is 0 Å². The standard InChI is InChI=1S/C71H116O16P2/c1-4-7-10-13-16-19-22-25-27-29-31-32-34-36-37-40-42-45-48-51-54-57-69(74)81-60-66(72)61-83-88(77,78)84-62-67(73)63-85-89(79,80)86-65-68(87-71(76)59-56-53-50-47-44-39-24-21-18-15-12-9-6-3)64-82-70(75)58-55-52-49-46-43-41-38-35-33-30-28-26-23-20-17-14-11-8-5-2/h7-8,10-11,16-17,19-21,24-28,31-33,35-37,41-43,45,66-68,72-73H,4-6,9,12-15,18,22-23,29-30,34,38-40,44,46-65H2,1-3H3,(H,77,78)(H,79,80)/b10-7-,11-8-,19-16-,20-17-,24-21-,27-25-,28-26-,32-31-,35-33-,37-36-,43-41-,45-42-. The van der Waals surface area contributed by atoms with Gasteiger partial charge >= 0.3 is 33.6 Å². The molecule has 0 spiro atoms. The first-order valence-electron chi connectivity index (χ1n) is 33.1. The monoisotopic (exact) mass is 1290 g/mol. The zero-order valence-electron chi connectivity index (χ0n) is 54.5. The van der Waals surface area contributed by atoms with E-state index in [0.29, 0.717) is 19.3 Å². The average molecular weight is 1290 g/mol. The molecule has 0 aliphatic rings. The Morgan fingerprint density at radius 1 is 0.326 bits per heavy atom. The van der Waals surface area contributed by atoms with Crippen molar-refractivity contribution in [3.05, 3.63) is 146 Å². The van der Waals surface area contributed by atoms with Gasteiger partial charge in [0.05, 0.1) is 26.4 Å². The fraction of sp³-hybridized carbons (Fsp3) is 0.620. The summed E-state index contributed by atoms with van der Waals surface area (Å²) in [6.45, 7) is 2.28. The van der Waals surface area contributed by atoms with Gasteiger partial charge in [-0.2, -0.15) is 0 Å². The van der Waals surface area contributed by atoms with Crippen molar-refractivity contribution in [3.63, 3.8) is 0 Å². The van der Waals surface area contributed by atoms with Crippen LogP contribution in [0.5, 0.6) is 0 Å². The normalized spacial score (nSPS) is 15.2. The second-order valence-electron chi connectivity index (χ2n) is 21.5. The second-order valence-corrected chi connectivity index (χ2v) is 24.4. The predicted octanol–water partition coefficient (Wildman–Crippen LogP) is 18.2. The molecule has 0 heterocycles. The number of phosphoric acid groups is 2. The number of phosphoric ester groups is 2. The quantitative estimate of drug-likeness (QED) is 0.0146. The molecule has 0 fully saturated rings. The van der Waals surface area contributed by atoms with Crippen LogP contribution in [0, 0.1) is 0 Å². The first kappa shape index (κ1) is 84.4. The summed E-state index contributed by atoms with van der Waals surface area (Å²) in [6.07, 6.45) is 74.8. The summed E-state index contributed by atoms with van der Waals surface area (Å²) in [4.78, 5) is 58.3. The zero-order valence-corrected chi connectivity index (χ0v) is 56.3. The van der Waals surface area contributed by atoms with E-state index in [1.165, 1.54) is 25.7 Å². The topological polar surface area (TPSA) is 231 Å². The van der Waals surface area contributed by atoms with Crippen LogP contribution >= 0.6 is 15.6 Å². The van der Waals surface area contributed by atoms with Crippen LogP contribution in [0.2, 0.25) is 0 Å². The molecule has 0 bridgehead atoms. The minimum atomic E-state index is -4.94. The van der Waals surface area contributed by atoms with Crippen molar-refractivity contribution in [2.75, 3.05) is 39.6 Å². The van der Waals surface area contributed by atoms with Gasteiger partial charge in [-0.25, -0.2) is 9.13 Å². The number of ether oxygens (including phenoxy) is 3. The third-order valence-corrected chi connectivity index (χ3v) is 14.9. The molecule has 4 N–H and O–H groups in total. The molecule has 0 rings (SSSR count). The van der Waals surface area contributed by atoms with Gasteiger partial charge in [0, 0.05) is 19.3 Å². The van der Waals surface area contributed by atoms with E-state index in [9.17, 15) is 43.5 Å². The number of esters is 3. The Balaban J connectivity index is 4.74. The van der Waals surface area contributed by atoms with Crippen LogP contribution in [-0.2, 0) is 55.8 Å². The van der Waals surface area contributed by atoms with Crippen molar-refractivity contribution in [1.29, 1.82) is 0 Å². The number of hydrogen-bond donors (Lipinski definition) is 4. The van der Waals surface area contributed by atoms with Crippen molar-refractivity contribution in [2.45, 2.75) is 245 Å². The lowest BCUT2D eigenvalue weighted by Gasteiger charge is -2.21. The summed E-state index contributed by atoms with van der Waals surface area (Å²) in [6, 6.07) is 0. The number of carbonyl (C=O) groups excluding carboxylic acids is 3. The molecule has 0 saturated heterocycles. The minimum Gasteiger partial charge on any atom is -0.463 e. The van der Waals surface area contributed by atoms with E-state index < -0.39 is 91.5 Å². The fourth-order valence-electron chi connectivity index (χ4n) is 8.00. The first-order valence-corrected chi connectivity index (χ1v) is 36.1. The molecule has 0 aromatic heterocycles. The van der Waals surface area contributed by atoms with Gasteiger partial charge in [-0.05, 0) is 141 Å². The molecule has 16 nitrogen and oxygen atoms in total. The summed E-state index contributed by atoms with van der Waals surface area (Å²) in [5.41, 5.74) is 0. The van der Waals surface area contributed by atoms with E-state index in [-0.39, 0.29) is 19.3 Å². The van der Waals surface area contributed by atoms with Gasteiger partial charge in [0.15, 0.2) is 6.10 Å². The van der Waals surface area contributed by atoms with Crippen LogP contribution < -0.4 is 0 Å². The van der Waals surface area contributed by atoms with Gasteiger partial charge in [-0.15, -0.1) is 0 Å². The average Bonchev–Trinajstić information content (AvgIpc) is 3.55. The van der Waals surface area contributed by atoms with Gasteiger partial charge in [-0.3, -0.25) is 32.5 Å². The van der Waals surface area contributed by atoms with E-state index in [1.807, 2.05) is 0 Å². The highest BCUT2D eigenvalue weighted by atomic mass is 31.2. The fourth-order valence-corrected chi connectivity index (χ4v) is 9.59. The summed E-state index contributed by atoms with van der Waals surface area (Å²) >= 11 is 0. The third kappa shape index (κ3) is 64.8. The van der Waals surface area contributed by atoms with Gasteiger partial charge in [0.1, 0.15) is 25.4 Å². The van der Waals surface area contributed by atoms with E-state index >= 15 is 0 Å². The molecule has 0 aromatic carbocycles. The SMILES string of the molecule is CC/C=C\C/C=C\C/C=C\C/C=C\C/C=C\C/C=C\CCCCC(=O)OCC(O)COP(=O)(O)OCC(O)COP(=O)(O)OCC(COC(=O)CCCCC/C=C\C/C=C\C/C=C\C/C=C\C/C=C\CC)OC(=O)CCCCCCC/C=C\CCCCCC. The largest absolute Gasteiger partial charge is 0.472 e.